The SMILES string of the molecule is O=C1OC[C@]2(OC[C@H](Nc3ccccc3)[C@H]2O)N1c1ccc2ccccc2c1. The van der Waals surface area contributed by atoms with Crippen molar-refractivity contribution in [3.05, 3.63) is 72.8 Å². The highest BCUT2D eigenvalue weighted by atomic mass is 16.6. The molecule has 142 valence electrons. The van der Waals surface area contributed by atoms with Crippen LogP contribution >= 0.6 is 0 Å². The van der Waals surface area contributed by atoms with E-state index in [4.69, 9.17) is 9.47 Å². The van der Waals surface area contributed by atoms with Crippen LogP contribution in [-0.2, 0) is 9.47 Å². The lowest BCUT2D eigenvalue weighted by Crippen LogP contribution is -2.57. The molecule has 5 rings (SSSR count). The van der Waals surface area contributed by atoms with Crippen LogP contribution in [0.2, 0.25) is 0 Å². The van der Waals surface area contributed by atoms with Crippen molar-refractivity contribution in [2.24, 2.45) is 0 Å². The molecule has 3 atom stereocenters. The van der Waals surface area contributed by atoms with Crippen LogP contribution < -0.4 is 10.2 Å². The Hall–Kier alpha value is -3.09. The molecule has 0 bridgehead atoms. The zero-order chi connectivity index (χ0) is 19.1. The number of aliphatic hydroxyl groups is 1. The molecule has 2 saturated heterocycles. The quantitative estimate of drug-likeness (QED) is 0.733. The number of carbonyl (C=O) groups excluding carboxylic acids is 1. The molecular weight excluding hydrogens is 356 g/mol. The van der Waals surface area contributed by atoms with Gasteiger partial charge < -0.3 is 19.9 Å². The molecule has 0 unspecified atom stereocenters. The van der Waals surface area contributed by atoms with Crippen LogP contribution in [0.25, 0.3) is 10.8 Å². The van der Waals surface area contributed by atoms with Crippen LogP contribution in [0.1, 0.15) is 0 Å². The van der Waals surface area contributed by atoms with Crippen LogP contribution in [0.3, 0.4) is 0 Å². The Morgan fingerprint density at radius 2 is 1.75 bits per heavy atom. The second kappa shape index (κ2) is 6.51. The van der Waals surface area contributed by atoms with Crippen LogP contribution in [0.4, 0.5) is 16.2 Å². The van der Waals surface area contributed by atoms with Crippen molar-refractivity contribution in [2.75, 3.05) is 23.4 Å². The minimum atomic E-state index is -1.24. The van der Waals surface area contributed by atoms with E-state index in [1.54, 1.807) is 0 Å². The fourth-order valence-corrected chi connectivity index (χ4v) is 4.01. The van der Waals surface area contributed by atoms with Gasteiger partial charge in [0.15, 0.2) is 0 Å². The number of fused-ring (bicyclic) bond motifs is 1. The Kier molecular flexibility index (Phi) is 3.96. The molecule has 2 N–H and O–H groups in total. The average molecular weight is 376 g/mol. The van der Waals surface area contributed by atoms with Crippen LogP contribution in [0.5, 0.6) is 0 Å². The Morgan fingerprint density at radius 1 is 1.00 bits per heavy atom. The number of aliphatic hydroxyl groups excluding tert-OH is 1. The molecule has 0 aromatic heterocycles. The number of nitrogens with zero attached hydrogens (tertiary/aromatic N) is 1. The van der Waals surface area contributed by atoms with E-state index in [9.17, 15) is 9.90 Å². The average Bonchev–Trinajstić information content (AvgIpc) is 3.23. The Balaban J connectivity index is 1.48. The number of hydrogen-bond donors (Lipinski definition) is 2. The normalized spacial score (nSPS) is 26.8. The maximum Gasteiger partial charge on any atom is 0.417 e. The second-order valence-electron chi connectivity index (χ2n) is 7.14. The van der Waals surface area contributed by atoms with Crippen molar-refractivity contribution in [2.45, 2.75) is 17.9 Å². The van der Waals surface area contributed by atoms with Gasteiger partial charge in [-0.3, -0.25) is 0 Å². The fraction of sp³-hybridized carbons (Fsp3) is 0.227. The molecule has 6 nitrogen and oxygen atoms in total. The number of amides is 1. The van der Waals surface area contributed by atoms with Crippen molar-refractivity contribution in [3.63, 3.8) is 0 Å². The molecule has 2 heterocycles. The summed E-state index contributed by atoms with van der Waals surface area (Å²) in [6.45, 7) is 0.240. The Bertz CT molecular complexity index is 1030. The molecular formula is C22H20N2O4. The molecule has 2 fully saturated rings. The Morgan fingerprint density at radius 3 is 2.57 bits per heavy atom. The maximum atomic E-state index is 12.6. The lowest BCUT2D eigenvalue weighted by Gasteiger charge is -2.34. The number of nitrogens with one attached hydrogen (secondary N) is 1. The third-order valence-electron chi connectivity index (χ3n) is 5.44. The summed E-state index contributed by atoms with van der Waals surface area (Å²) in [4.78, 5) is 14.0. The van der Waals surface area contributed by atoms with Crippen molar-refractivity contribution >= 4 is 28.2 Å². The molecule has 1 amide bonds. The van der Waals surface area contributed by atoms with Gasteiger partial charge in [0.2, 0.25) is 5.72 Å². The first-order valence-electron chi connectivity index (χ1n) is 9.27. The first kappa shape index (κ1) is 17.0. The number of anilines is 2. The van der Waals surface area contributed by atoms with Crippen molar-refractivity contribution in [1.29, 1.82) is 0 Å². The molecule has 0 saturated carbocycles. The highest BCUT2D eigenvalue weighted by Crippen LogP contribution is 2.40. The van der Waals surface area contributed by atoms with Gasteiger partial charge >= 0.3 is 6.09 Å². The molecule has 3 aromatic rings. The van der Waals surface area contributed by atoms with Gasteiger partial charge in [-0.15, -0.1) is 0 Å². The third kappa shape index (κ3) is 2.61. The predicted molar refractivity (Wildman–Crippen MR) is 106 cm³/mol. The lowest BCUT2D eigenvalue weighted by molar-refractivity contribution is -0.0583. The van der Waals surface area contributed by atoms with E-state index in [2.05, 4.69) is 5.32 Å². The summed E-state index contributed by atoms with van der Waals surface area (Å²) in [5, 5.41) is 16.5. The number of hydrogen-bond acceptors (Lipinski definition) is 5. The molecule has 1 spiro atoms. The fourth-order valence-electron chi connectivity index (χ4n) is 4.01. The minimum Gasteiger partial charge on any atom is -0.444 e. The molecule has 2 aliphatic rings. The smallest absolute Gasteiger partial charge is 0.417 e. The van der Waals surface area contributed by atoms with Gasteiger partial charge in [-0.05, 0) is 35.0 Å². The number of benzene rings is 3. The third-order valence-corrected chi connectivity index (χ3v) is 5.44. The topological polar surface area (TPSA) is 71.0 Å². The van der Waals surface area contributed by atoms with E-state index in [0.717, 1.165) is 16.5 Å². The predicted octanol–water partition coefficient (Wildman–Crippen LogP) is 3.36. The number of ether oxygens (including phenoxy) is 2. The van der Waals surface area contributed by atoms with Crippen molar-refractivity contribution in [1.82, 2.24) is 0 Å². The molecule has 0 radical (unpaired) electrons. The number of carbonyl (C=O) groups is 1. The molecule has 28 heavy (non-hydrogen) atoms. The zero-order valence-corrected chi connectivity index (χ0v) is 15.1. The molecule has 2 aliphatic heterocycles. The highest BCUT2D eigenvalue weighted by molar-refractivity contribution is 5.95. The van der Waals surface area contributed by atoms with E-state index in [1.807, 2.05) is 72.8 Å². The summed E-state index contributed by atoms with van der Waals surface area (Å²) in [7, 11) is 0. The maximum absolute atomic E-state index is 12.6. The molecule has 6 heteroatoms. The van der Waals surface area contributed by atoms with E-state index >= 15 is 0 Å². The van der Waals surface area contributed by atoms with Crippen molar-refractivity contribution in [3.8, 4) is 0 Å². The number of rotatable bonds is 3. The van der Waals surface area contributed by atoms with Gasteiger partial charge in [-0.2, -0.15) is 0 Å². The standard InChI is InChI=1S/C22H20N2O4/c25-20-19(23-17-8-2-1-3-9-17)13-28-22(20)14-27-21(26)24(22)18-11-10-15-6-4-5-7-16(15)12-18/h1-12,19-20,23,25H,13-14H2/t19-,20+,22+/m0/s1. The van der Waals surface area contributed by atoms with Crippen LogP contribution in [-0.4, -0.2) is 42.3 Å². The zero-order valence-electron chi connectivity index (χ0n) is 15.1. The van der Waals surface area contributed by atoms with Crippen LogP contribution in [0.15, 0.2) is 72.8 Å². The summed E-state index contributed by atoms with van der Waals surface area (Å²) in [5.41, 5.74) is 0.279. The van der Waals surface area contributed by atoms with Gasteiger partial charge in [0, 0.05) is 5.69 Å². The minimum absolute atomic E-state index is 0.0210. The first-order chi connectivity index (χ1) is 13.7. The summed E-state index contributed by atoms with van der Waals surface area (Å²) in [6, 6.07) is 22.9. The first-order valence-corrected chi connectivity index (χ1v) is 9.27. The largest absolute Gasteiger partial charge is 0.444 e. The van der Waals surface area contributed by atoms with Gasteiger partial charge in [-0.1, -0.05) is 48.5 Å². The summed E-state index contributed by atoms with van der Waals surface area (Å²) < 4.78 is 11.3. The second-order valence-corrected chi connectivity index (χ2v) is 7.14. The van der Waals surface area contributed by atoms with Gasteiger partial charge in [0.05, 0.1) is 18.3 Å². The summed E-state index contributed by atoms with van der Waals surface area (Å²) >= 11 is 0. The van der Waals surface area contributed by atoms with Gasteiger partial charge in [0.1, 0.15) is 12.7 Å². The monoisotopic (exact) mass is 376 g/mol. The number of para-hydroxylation sites is 1. The highest BCUT2D eigenvalue weighted by Gasteiger charge is 2.60. The van der Waals surface area contributed by atoms with Gasteiger partial charge in [0.25, 0.3) is 0 Å². The lowest BCUT2D eigenvalue weighted by atomic mass is 10.0. The van der Waals surface area contributed by atoms with Gasteiger partial charge in [-0.25, -0.2) is 9.69 Å². The van der Waals surface area contributed by atoms with E-state index in [0.29, 0.717) is 5.69 Å². The Labute approximate surface area is 162 Å². The summed E-state index contributed by atoms with van der Waals surface area (Å²) in [5.74, 6) is 0. The summed E-state index contributed by atoms with van der Waals surface area (Å²) in [6.07, 6.45) is -1.47. The van der Waals surface area contributed by atoms with Crippen molar-refractivity contribution < 1.29 is 19.4 Å². The van der Waals surface area contributed by atoms with E-state index in [1.165, 1.54) is 4.90 Å². The van der Waals surface area contributed by atoms with Crippen LogP contribution in [0, 0.1) is 0 Å². The molecule has 3 aromatic carbocycles. The van der Waals surface area contributed by atoms with E-state index in [-0.39, 0.29) is 19.3 Å². The number of cyclic esters (lactones) is 1. The van der Waals surface area contributed by atoms with E-state index < -0.39 is 17.9 Å². The molecule has 0 aliphatic carbocycles.